The van der Waals surface area contributed by atoms with E-state index in [2.05, 4.69) is 56.4 Å². The molecule has 1 aromatic carbocycles. The lowest BCUT2D eigenvalue weighted by Crippen LogP contribution is -2.42. The fourth-order valence-corrected chi connectivity index (χ4v) is 3.52. The Kier molecular flexibility index (Phi) is 13.3. The van der Waals surface area contributed by atoms with Crippen LogP contribution in [-0.4, -0.2) is 12.5 Å². The molecule has 0 saturated heterocycles. The monoisotopic (exact) mass is 407 g/mol. The largest absolute Gasteiger partial charge is 0.312 e. The number of hydrogen-bond donors (Lipinski definition) is 0. The first-order valence-corrected chi connectivity index (χ1v) is 11.7. The molecular formula is C28H41NO. The van der Waals surface area contributed by atoms with E-state index in [1.165, 1.54) is 18.4 Å². The minimum absolute atomic E-state index is 0.184. The third kappa shape index (κ3) is 8.57. The molecule has 1 amide bonds. The smallest absolute Gasteiger partial charge is 0.230 e. The number of benzene rings is 1. The van der Waals surface area contributed by atoms with E-state index in [9.17, 15) is 4.79 Å². The van der Waals surface area contributed by atoms with Crippen LogP contribution in [0.5, 0.6) is 0 Å². The lowest BCUT2D eigenvalue weighted by molar-refractivity contribution is -0.125. The Morgan fingerprint density at radius 1 is 1.00 bits per heavy atom. The van der Waals surface area contributed by atoms with Crippen LogP contribution in [0.3, 0.4) is 0 Å². The van der Waals surface area contributed by atoms with Gasteiger partial charge < -0.3 is 4.90 Å². The summed E-state index contributed by atoms with van der Waals surface area (Å²) in [6.07, 6.45) is 20.5. The van der Waals surface area contributed by atoms with Gasteiger partial charge in [-0.25, -0.2) is 0 Å². The zero-order valence-corrected chi connectivity index (χ0v) is 19.7. The predicted molar refractivity (Wildman–Crippen MR) is 133 cm³/mol. The highest BCUT2D eigenvalue weighted by Gasteiger charge is 2.37. The van der Waals surface area contributed by atoms with Crippen LogP contribution in [-0.2, 0) is 4.79 Å². The van der Waals surface area contributed by atoms with Gasteiger partial charge in [0.05, 0.1) is 0 Å². The van der Waals surface area contributed by atoms with E-state index in [-0.39, 0.29) is 11.8 Å². The first-order valence-electron chi connectivity index (χ1n) is 11.7. The molecule has 0 spiro atoms. The van der Waals surface area contributed by atoms with Crippen LogP contribution < -0.4 is 4.90 Å². The summed E-state index contributed by atoms with van der Waals surface area (Å²) in [5, 5.41) is 0. The molecule has 0 unspecified atom stereocenters. The van der Waals surface area contributed by atoms with E-state index >= 15 is 0 Å². The molecular weight excluding hydrogens is 366 g/mol. The molecule has 2 heteroatoms. The zero-order chi connectivity index (χ0) is 22.2. The van der Waals surface area contributed by atoms with E-state index in [0.717, 1.165) is 31.5 Å². The number of rotatable bonds is 6. The van der Waals surface area contributed by atoms with Gasteiger partial charge in [0.25, 0.3) is 0 Å². The van der Waals surface area contributed by atoms with Gasteiger partial charge in [-0.2, -0.15) is 0 Å². The fraction of sp³-hybridized carbons (Fsp3) is 0.464. The maximum absolute atomic E-state index is 12.7. The van der Waals surface area contributed by atoms with Crippen molar-refractivity contribution in [2.75, 3.05) is 11.4 Å². The average molecular weight is 408 g/mol. The van der Waals surface area contributed by atoms with Gasteiger partial charge in [0.2, 0.25) is 5.91 Å². The van der Waals surface area contributed by atoms with Crippen molar-refractivity contribution >= 4 is 11.6 Å². The van der Waals surface area contributed by atoms with E-state index < -0.39 is 0 Å². The van der Waals surface area contributed by atoms with E-state index in [4.69, 9.17) is 0 Å². The van der Waals surface area contributed by atoms with Gasteiger partial charge in [0.1, 0.15) is 0 Å². The van der Waals surface area contributed by atoms with Gasteiger partial charge in [-0.3, -0.25) is 4.79 Å². The van der Waals surface area contributed by atoms with Crippen molar-refractivity contribution in [3.63, 3.8) is 0 Å². The number of anilines is 1. The Morgan fingerprint density at radius 3 is 2.07 bits per heavy atom. The molecule has 30 heavy (non-hydrogen) atoms. The molecule has 164 valence electrons. The Bertz CT molecular complexity index is 693. The van der Waals surface area contributed by atoms with Crippen LogP contribution >= 0.6 is 0 Å². The van der Waals surface area contributed by atoms with E-state index in [0.29, 0.717) is 5.92 Å². The molecule has 2 aliphatic rings. The maximum atomic E-state index is 12.7. The minimum atomic E-state index is 0.184. The summed E-state index contributed by atoms with van der Waals surface area (Å²) in [6.45, 7) is 11.1. The third-order valence-electron chi connectivity index (χ3n) is 5.40. The molecule has 1 saturated carbocycles. The Balaban J connectivity index is 0.000000474. The molecule has 0 bridgehead atoms. The second-order valence-electron chi connectivity index (χ2n) is 7.46. The van der Waals surface area contributed by atoms with E-state index in [1.807, 2.05) is 56.0 Å². The average Bonchev–Trinajstić information content (AvgIpc) is 2.77. The summed E-state index contributed by atoms with van der Waals surface area (Å²) < 4.78 is 0. The highest BCUT2D eigenvalue weighted by molar-refractivity contribution is 5.95. The molecule has 0 N–H and O–H groups in total. The normalized spacial score (nSPS) is 19.8. The molecule has 3 rings (SSSR count). The molecule has 0 radical (unpaired) electrons. The molecule has 1 aromatic rings. The number of carbonyl (C=O) groups excluding carboxylic acids is 1. The Morgan fingerprint density at radius 2 is 1.60 bits per heavy atom. The lowest BCUT2D eigenvalue weighted by Gasteiger charge is -2.38. The number of carbonyl (C=O) groups is 1. The van der Waals surface area contributed by atoms with E-state index in [1.54, 1.807) is 0 Å². The molecule has 2 aliphatic carbocycles. The fourth-order valence-electron chi connectivity index (χ4n) is 3.52. The number of nitrogens with zero attached hydrogens (tertiary/aromatic N) is 1. The van der Waals surface area contributed by atoms with Crippen LogP contribution in [0.2, 0.25) is 0 Å². The molecule has 2 nitrogen and oxygen atoms in total. The number of para-hydroxylation sites is 1. The summed E-state index contributed by atoms with van der Waals surface area (Å²) in [6, 6.07) is 9.99. The molecule has 0 heterocycles. The first-order chi connectivity index (χ1) is 14.7. The highest BCUT2D eigenvalue weighted by atomic mass is 16.2. The third-order valence-corrected chi connectivity index (χ3v) is 5.40. The van der Waals surface area contributed by atoms with Crippen molar-refractivity contribution in [3.05, 3.63) is 78.4 Å². The van der Waals surface area contributed by atoms with Crippen molar-refractivity contribution < 1.29 is 4.79 Å². The molecule has 0 atom stereocenters. The minimum Gasteiger partial charge on any atom is -0.312 e. The summed E-state index contributed by atoms with van der Waals surface area (Å²) in [5.74, 6) is 1.04. The summed E-state index contributed by atoms with van der Waals surface area (Å²) in [5.41, 5.74) is 2.41. The summed E-state index contributed by atoms with van der Waals surface area (Å²) in [7, 11) is 0. The van der Waals surface area contributed by atoms with Gasteiger partial charge in [0, 0.05) is 18.2 Å². The van der Waals surface area contributed by atoms with Gasteiger partial charge >= 0.3 is 0 Å². The first kappa shape index (κ1) is 25.7. The van der Waals surface area contributed by atoms with Crippen molar-refractivity contribution in [3.8, 4) is 0 Å². The second kappa shape index (κ2) is 15.5. The predicted octanol–water partition coefficient (Wildman–Crippen LogP) is 7.90. The van der Waals surface area contributed by atoms with Crippen LogP contribution in [0.4, 0.5) is 5.69 Å². The Hall–Kier alpha value is -2.35. The Labute approximate surface area is 185 Å². The number of hydrogen-bond acceptors (Lipinski definition) is 1. The topological polar surface area (TPSA) is 20.3 Å². The SMILES string of the molecule is C1=CCCC=C1.CC.CC/C=C\C=C(/C)C1CC(C(=O)N(CC)c2ccccc2)C1. The van der Waals surface area contributed by atoms with Crippen molar-refractivity contribution in [2.24, 2.45) is 11.8 Å². The lowest BCUT2D eigenvalue weighted by atomic mass is 9.70. The molecule has 0 aromatic heterocycles. The number of amides is 1. The molecule has 1 fully saturated rings. The summed E-state index contributed by atoms with van der Waals surface area (Å²) >= 11 is 0. The van der Waals surface area contributed by atoms with Crippen LogP contribution in [0, 0.1) is 11.8 Å². The maximum Gasteiger partial charge on any atom is 0.230 e. The van der Waals surface area contributed by atoms with Gasteiger partial charge in [-0.1, -0.05) is 87.1 Å². The van der Waals surface area contributed by atoms with Crippen LogP contribution in [0.1, 0.15) is 66.7 Å². The van der Waals surface area contributed by atoms with Gasteiger partial charge in [0.15, 0.2) is 0 Å². The van der Waals surface area contributed by atoms with Crippen LogP contribution in [0.25, 0.3) is 0 Å². The zero-order valence-electron chi connectivity index (χ0n) is 19.7. The highest BCUT2D eigenvalue weighted by Crippen LogP contribution is 2.40. The van der Waals surface area contributed by atoms with Crippen molar-refractivity contribution in [1.82, 2.24) is 0 Å². The summed E-state index contributed by atoms with van der Waals surface area (Å²) in [4.78, 5) is 14.6. The van der Waals surface area contributed by atoms with Crippen LogP contribution in [0.15, 0.2) is 78.4 Å². The van der Waals surface area contributed by atoms with Crippen molar-refractivity contribution in [1.29, 1.82) is 0 Å². The van der Waals surface area contributed by atoms with Crippen molar-refractivity contribution in [2.45, 2.75) is 66.7 Å². The van der Waals surface area contributed by atoms with Gasteiger partial charge in [-0.15, -0.1) is 0 Å². The molecule has 0 aliphatic heterocycles. The number of allylic oxidation sites excluding steroid dienone is 8. The quantitative estimate of drug-likeness (QED) is 0.439. The second-order valence-corrected chi connectivity index (χ2v) is 7.46. The van der Waals surface area contributed by atoms with Gasteiger partial charge in [-0.05, 0) is 64.0 Å². The standard InChI is InChI=1S/C20H27NO.C6H8.C2H6/c1-4-6-8-11-16(3)17-14-18(15-17)20(22)21(5-2)19-12-9-7-10-13-19;1-2-4-6-5-3-1;1-2/h6-13,17-18H,4-5,14-15H2,1-3H3;1-4H,5-6H2;1-2H3/b8-6-,16-11+;;.